The highest BCUT2D eigenvalue weighted by Gasteiger charge is 2.34. The summed E-state index contributed by atoms with van der Waals surface area (Å²) < 4.78 is 0. The number of hydrogen-bond acceptors (Lipinski definition) is 2. The standard InChI is InChI=1S/C13H16N2OS/c1-9(10-5-3-2-4-6-10)15-8-11(13(14)17)7-12(15)16/h2-6,9,11H,7-8H2,1H3,(H2,14,17)/t9-,11?/m0/s1. The van der Waals surface area contributed by atoms with Crippen molar-refractivity contribution in [2.75, 3.05) is 6.54 Å². The van der Waals surface area contributed by atoms with Crippen LogP contribution in [0.1, 0.15) is 24.9 Å². The van der Waals surface area contributed by atoms with Crippen LogP contribution in [0.3, 0.4) is 0 Å². The van der Waals surface area contributed by atoms with Crippen LogP contribution in [-0.4, -0.2) is 22.4 Å². The molecule has 1 aliphatic heterocycles. The fourth-order valence-corrected chi connectivity index (χ4v) is 2.37. The van der Waals surface area contributed by atoms with Crippen molar-refractivity contribution in [3.63, 3.8) is 0 Å². The average Bonchev–Trinajstić information content (AvgIpc) is 2.72. The highest BCUT2D eigenvalue weighted by atomic mass is 32.1. The third-order valence-electron chi connectivity index (χ3n) is 3.29. The first-order valence-electron chi connectivity index (χ1n) is 5.71. The Balaban J connectivity index is 2.14. The minimum atomic E-state index is -0.0306. The smallest absolute Gasteiger partial charge is 0.223 e. The van der Waals surface area contributed by atoms with Gasteiger partial charge in [-0.15, -0.1) is 12.6 Å². The van der Waals surface area contributed by atoms with Crippen molar-refractivity contribution in [2.24, 2.45) is 5.92 Å². The number of carbonyl (C=O) groups excluding carboxylic acids is 1. The monoisotopic (exact) mass is 248 g/mol. The topological polar surface area (TPSA) is 44.2 Å². The Morgan fingerprint density at radius 3 is 2.65 bits per heavy atom. The molecule has 1 N–H and O–H groups in total. The van der Waals surface area contributed by atoms with Gasteiger partial charge in [-0.25, -0.2) is 0 Å². The first-order chi connectivity index (χ1) is 8.09. The summed E-state index contributed by atoms with van der Waals surface area (Å²) in [4.78, 5) is 13.7. The maximum Gasteiger partial charge on any atom is 0.223 e. The molecule has 0 saturated carbocycles. The van der Waals surface area contributed by atoms with Crippen LogP contribution in [0.25, 0.3) is 0 Å². The molecular weight excluding hydrogens is 232 g/mol. The summed E-state index contributed by atoms with van der Waals surface area (Å²) in [6, 6.07) is 10.0. The Morgan fingerprint density at radius 1 is 1.47 bits per heavy atom. The summed E-state index contributed by atoms with van der Waals surface area (Å²) in [5.74, 6) is 0.0853. The second kappa shape index (κ2) is 4.92. The van der Waals surface area contributed by atoms with Gasteiger partial charge in [-0.2, -0.15) is 0 Å². The first kappa shape index (κ1) is 12.2. The van der Waals surface area contributed by atoms with Gasteiger partial charge in [0.15, 0.2) is 0 Å². The first-order valence-corrected chi connectivity index (χ1v) is 6.16. The third kappa shape index (κ3) is 2.52. The van der Waals surface area contributed by atoms with Gasteiger partial charge < -0.3 is 4.90 Å². The van der Waals surface area contributed by atoms with Crippen molar-refractivity contribution in [3.05, 3.63) is 35.9 Å². The maximum atomic E-state index is 11.9. The molecule has 0 aliphatic carbocycles. The molecule has 0 bridgehead atoms. The summed E-state index contributed by atoms with van der Waals surface area (Å²) in [5.41, 5.74) is 1.13. The van der Waals surface area contributed by atoms with Crippen molar-refractivity contribution in [3.8, 4) is 0 Å². The zero-order chi connectivity index (χ0) is 12.4. The molecule has 90 valence electrons. The molecule has 1 saturated heterocycles. The SMILES string of the molecule is C[C@@H](c1ccccc1)N1CC(C(=N)S)CC1=O. The molecule has 2 atom stereocenters. The van der Waals surface area contributed by atoms with E-state index in [1.165, 1.54) is 0 Å². The number of rotatable bonds is 3. The minimum absolute atomic E-state index is 0.0306. The van der Waals surface area contributed by atoms with Gasteiger partial charge in [0.2, 0.25) is 5.91 Å². The summed E-state index contributed by atoms with van der Waals surface area (Å²) in [6.45, 7) is 2.63. The molecule has 0 radical (unpaired) electrons. The number of hydrogen-bond donors (Lipinski definition) is 2. The van der Waals surface area contributed by atoms with Crippen LogP contribution in [0.15, 0.2) is 30.3 Å². The Hall–Kier alpha value is -1.29. The zero-order valence-corrected chi connectivity index (χ0v) is 10.7. The number of nitrogens with one attached hydrogen (secondary N) is 1. The second-order valence-corrected chi connectivity index (χ2v) is 4.90. The van der Waals surface area contributed by atoms with E-state index in [0.717, 1.165) is 5.56 Å². The van der Waals surface area contributed by atoms with E-state index in [1.54, 1.807) is 0 Å². The molecule has 17 heavy (non-hydrogen) atoms. The molecule has 1 unspecified atom stereocenters. The van der Waals surface area contributed by atoms with Gasteiger partial charge in [0.25, 0.3) is 0 Å². The number of nitrogens with zero attached hydrogens (tertiary/aromatic N) is 1. The quantitative estimate of drug-likeness (QED) is 0.482. The molecule has 1 aromatic rings. The van der Waals surface area contributed by atoms with Crippen molar-refractivity contribution in [2.45, 2.75) is 19.4 Å². The van der Waals surface area contributed by atoms with Crippen LogP contribution in [0.4, 0.5) is 0 Å². The van der Waals surface area contributed by atoms with Crippen LogP contribution in [0, 0.1) is 11.3 Å². The molecule has 2 rings (SSSR count). The van der Waals surface area contributed by atoms with E-state index in [1.807, 2.05) is 42.2 Å². The molecule has 1 aliphatic rings. The molecule has 4 heteroatoms. The maximum absolute atomic E-state index is 11.9. The number of thiol groups is 1. The van der Waals surface area contributed by atoms with Crippen LogP contribution >= 0.6 is 12.6 Å². The van der Waals surface area contributed by atoms with E-state index < -0.39 is 0 Å². The molecule has 0 spiro atoms. The highest BCUT2D eigenvalue weighted by Crippen LogP contribution is 2.29. The van der Waals surface area contributed by atoms with Gasteiger partial charge in [-0.1, -0.05) is 30.3 Å². The number of benzene rings is 1. The summed E-state index contributed by atoms with van der Waals surface area (Å²) in [6.07, 6.45) is 0.416. The van der Waals surface area contributed by atoms with Gasteiger partial charge in [0.1, 0.15) is 0 Å². The van der Waals surface area contributed by atoms with Crippen LogP contribution in [0.2, 0.25) is 0 Å². The van der Waals surface area contributed by atoms with E-state index in [4.69, 9.17) is 5.41 Å². The lowest BCUT2D eigenvalue weighted by Gasteiger charge is -2.25. The van der Waals surface area contributed by atoms with E-state index >= 15 is 0 Å². The lowest BCUT2D eigenvalue weighted by atomic mass is 10.1. The van der Waals surface area contributed by atoms with E-state index in [2.05, 4.69) is 12.6 Å². The normalized spacial score (nSPS) is 21.6. The number of carbonyl (C=O) groups is 1. The molecule has 0 aromatic heterocycles. The van der Waals surface area contributed by atoms with Gasteiger partial charge in [-0.3, -0.25) is 10.2 Å². The lowest BCUT2D eigenvalue weighted by Crippen LogP contribution is -2.28. The van der Waals surface area contributed by atoms with Crippen LogP contribution in [0.5, 0.6) is 0 Å². The molecular formula is C13H16N2OS. The number of amides is 1. The summed E-state index contributed by atoms with van der Waals surface area (Å²) in [5, 5.41) is 7.81. The third-order valence-corrected chi connectivity index (χ3v) is 3.66. The molecule has 1 heterocycles. The van der Waals surface area contributed by atoms with Crippen molar-refractivity contribution >= 4 is 23.6 Å². The molecule has 1 fully saturated rings. The van der Waals surface area contributed by atoms with Gasteiger partial charge in [0, 0.05) is 18.9 Å². The van der Waals surface area contributed by atoms with E-state index in [-0.39, 0.29) is 17.9 Å². The average molecular weight is 248 g/mol. The second-order valence-electron chi connectivity index (χ2n) is 4.42. The fraction of sp³-hybridized carbons (Fsp3) is 0.385. The van der Waals surface area contributed by atoms with Gasteiger partial charge in [0.05, 0.1) is 11.1 Å². The van der Waals surface area contributed by atoms with Crippen molar-refractivity contribution in [1.82, 2.24) is 4.90 Å². The Kier molecular flexibility index (Phi) is 3.52. The Bertz CT molecular complexity index is 432. The lowest BCUT2D eigenvalue weighted by molar-refractivity contribution is -0.129. The highest BCUT2D eigenvalue weighted by molar-refractivity contribution is 7.96. The van der Waals surface area contributed by atoms with Crippen LogP contribution in [-0.2, 0) is 4.79 Å². The Labute approximate surface area is 107 Å². The molecule has 1 aromatic carbocycles. The van der Waals surface area contributed by atoms with Gasteiger partial charge in [-0.05, 0) is 12.5 Å². The predicted octanol–water partition coefficient (Wildman–Crippen LogP) is 2.50. The van der Waals surface area contributed by atoms with Crippen LogP contribution < -0.4 is 0 Å². The summed E-state index contributed by atoms with van der Waals surface area (Å²) in [7, 11) is 0. The predicted molar refractivity (Wildman–Crippen MR) is 71.4 cm³/mol. The summed E-state index contributed by atoms with van der Waals surface area (Å²) >= 11 is 4.03. The Morgan fingerprint density at radius 2 is 2.12 bits per heavy atom. The van der Waals surface area contributed by atoms with E-state index in [9.17, 15) is 4.79 Å². The molecule has 1 amide bonds. The number of likely N-dealkylation sites (tertiary alicyclic amines) is 1. The fourth-order valence-electron chi connectivity index (χ4n) is 2.20. The largest absolute Gasteiger partial charge is 0.335 e. The molecule has 3 nitrogen and oxygen atoms in total. The minimum Gasteiger partial charge on any atom is -0.335 e. The van der Waals surface area contributed by atoms with Crippen molar-refractivity contribution < 1.29 is 4.79 Å². The van der Waals surface area contributed by atoms with E-state index in [0.29, 0.717) is 18.0 Å². The van der Waals surface area contributed by atoms with Gasteiger partial charge >= 0.3 is 0 Å². The zero-order valence-electron chi connectivity index (χ0n) is 9.76. The van der Waals surface area contributed by atoms with Crippen molar-refractivity contribution in [1.29, 1.82) is 5.41 Å².